The van der Waals surface area contributed by atoms with E-state index in [9.17, 15) is 0 Å². The van der Waals surface area contributed by atoms with Crippen molar-refractivity contribution >= 4 is 0 Å². The number of ether oxygens (including phenoxy) is 1. The van der Waals surface area contributed by atoms with E-state index in [-0.39, 0.29) is 0 Å². The Balaban J connectivity index is 2.14. The van der Waals surface area contributed by atoms with Crippen molar-refractivity contribution in [3.8, 4) is 0 Å². The molecule has 0 aliphatic carbocycles. The minimum absolute atomic E-state index is 0.351. The van der Waals surface area contributed by atoms with Gasteiger partial charge < -0.3 is 10.1 Å². The topological polar surface area (TPSA) is 24.5 Å². The summed E-state index contributed by atoms with van der Waals surface area (Å²) in [5, 5.41) is 3.78. The molecule has 3 nitrogen and oxygen atoms in total. The Bertz CT molecular complexity index is 257. The van der Waals surface area contributed by atoms with Crippen LogP contribution in [0.5, 0.6) is 0 Å². The van der Waals surface area contributed by atoms with Gasteiger partial charge >= 0.3 is 0 Å². The van der Waals surface area contributed by atoms with Gasteiger partial charge in [0.15, 0.2) is 0 Å². The molecular weight excluding hydrogens is 224 g/mol. The van der Waals surface area contributed by atoms with Gasteiger partial charge in [0.05, 0.1) is 6.61 Å². The van der Waals surface area contributed by atoms with Gasteiger partial charge in [0, 0.05) is 37.3 Å². The number of piperazine rings is 1. The van der Waals surface area contributed by atoms with Crippen molar-refractivity contribution in [1.82, 2.24) is 10.2 Å². The molecule has 2 unspecified atom stereocenters. The zero-order valence-electron chi connectivity index (χ0n) is 12.5. The molecule has 2 rings (SSSR count). The monoisotopic (exact) mass is 254 g/mol. The van der Waals surface area contributed by atoms with Gasteiger partial charge in [-0.25, -0.2) is 0 Å². The number of rotatable bonds is 4. The lowest BCUT2D eigenvalue weighted by Gasteiger charge is -2.52. The molecule has 0 radical (unpaired) electrons. The Hall–Kier alpha value is -0.120. The van der Waals surface area contributed by atoms with Crippen LogP contribution in [0.1, 0.15) is 47.0 Å². The first kappa shape index (κ1) is 14.3. The van der Waals surface area contributed by atoms with Gasteiger partial charge in [-0.1, -0.05) is 27.7 Å². The second-order valence-corrected chi connectivity index (χ2v) is 6.33. The molecule has 0 amide bonds. The SMILES string of the molecule is CCC1(CC)CNC(C(C)C)CN1C1CCOC1. The quantitative estimate of drug-likeness (QED) is 0.833. The number of hydrogen-bond acceptors (Lipinski definition) is 3. The molecule has 0 aromatic heterocycles. The predicted octanol–water partition coefficient (Wildman–Crippen LogP) is 2.26. The normalized spacial score (nSPS) is 33.2. The molecule has 0 aromatic rings. The van der Waals surface area contributed by atoms with E-state index in [1.807, 2.05) is 0 Å². The summed E-state index contributed by atoms with van der Waals surface area (Å²) in [6.07, 6.45) is 3.68. The molecule has 0 spiro atoms. The number of nitrogens with zero attached hydrogens (tertiary/aromatic N) is 1. The van der Waals surface area contributed by atoms with Crippen LogP contribution < -0.4 is 5.32 Å². The lowest BCUT2D eigenvalue weighted by Crippen LogP contribution is -2.67. The highest BCUT2D eigenvalue weighted by atomic mass is 16.5. The summed E-state index contributed by atoms with van der Waals surface area (Å²) < 4.78 is 5.63. The molecule has 106 valence electrons. The van der Waals surface area contributed by atoms with Crippen LogP contribution in [-0.2, 0) is 4.74 Å². The van der Waals surface area contributed by atoms with Crippen molar-refractivity contribution in [2.75, 3.05) is 26.3 Å². The standard InChI is InChI=1S/C15H30N2O/c1-5-15(6-2)11-16-14(12(3)4)9-17(15)13-7-8-18-10-13/h12-14,16H,5-11H2,1-4H3. The second kappa shape index (κ2) is 5.89. The molecule has 1 N–H and O–H groups in total. The number of nitrogens with one attached hydrogen (secondary N) is 1. The van der Waals surface area contributed by atoms with Crippen molar-refractivity contribution in [3.05, 3.63) is 0 Å². The van der Waals surface area contributed by atoms with Crippen LogP contribution in [0.2, 0.25) is 0 Å². The summed E-state index contributed by atoms with van der Waals surface area (Å²) in [7, 11) is 0. The maximum Gasteiger partial charge on any atom is 0.0622 e. The first-order valence-electron chi connectivity index (χ1n) is 7.71. The lowest BCUT2D eigenvalue weighted by atomic mass is 9.84. The van der Waals surface area contributed by atoms with Gasteiger partial charge in [0.1, 0.15) is 0 Å². The van der Waals surface area contributed by atoms with Gasteiger partial charge in [0.2, 0.25) is 0 Å². The molecular formula is C15H30N2O. The van der Waals surface area contributed by atoms with E-state index in [1.54, 1.807) is 0 Å². The van der Waals surface area contributed by atoms with Gasteiger partial charge in [-0.3, -0.25) is 4.90 Å². The lowest BCUT2D eigenvalue weighted by molar-refractivity contribution is -0.0148. The highest BCUT2D eigenvalue weighted by molar-refractivity contribution is 5.01. The third-order valence-corrected chi connectivity index (χ3v) is 5.16. The first-order chi connectivity index (χ1) is 8.63. The third kappa shape index (κ3) is 2.59. The van der Waals surface area contributed by atoms with Crippen LogP contribution in [0.4, 0.5) is 0 Å². The molecule has 2 aliphatic heterocycles. The summed E-state index contributed by atoms with van der Waals surface area (Å²) in [4.78, 5) is 2.78. The average Bonchev–Trinajstić information content (AvgIpc) is 2.91. The molecule has 0 bridgehead atoms. The van der Waals surface area contributed by atoms with Crippen molar-refractivity contribution < 1.29 is 4.74 Å². The Labute approximate surface area is 112 Å². The fourth-order valence-electron chi connectivity index (χ4n) is 3.55. The fraction of sp³-hybridized carbons (Fsp3) is 1.00. The fourth-order valence-corrected chi connectivity index (χ4v) is 3.55. The summed E-state index contributed by atoms with van der Waals surface area (Å²) in [5.41, 5.74) is 0.351. The van der Waals surface area contributed by atoms with Crippen LogP contribution >= 0.6 is 0 Å². The molecule has 2 fully saturated rings. The summed E-state index contributed by atoms with van der Waals surface area (Å²) in [6, 6.07) is 1.28. The van der Waals surface area contributed by atoms with Crippen molar-refractivity contribution in [1.29, 1.82) is 0 Å². The predicted molar refractivity (Wildman–Crippen MR) is 75.9 cm³/mol. The van der Waals surface area contributed by atoms with Gasteiger partial charge in [0.25, 0.3) is 0 Å². The maximum absolute atomic E-state index is 5.63. The molecule has 2 heterocycles. The molecule has 3 heteroatoms. The largest absolute Gasteiger partial charge is 0.380 e. The molecule has 0 saturated carbocycles. The average molecular weight is 254 g/mol. The van der Waals surface area contributed by atoms with E-state index < -0.39 is 0 Å². The molecule has 2 saturated heterocycles. The van der Waals surface area contributed by atoms with Crippen LogP contribution in [0.3, 0.4) is 0 Å². The third-order valence-electron chi connectivity index (χ3n) is 5.16. The Morgan fingerprint density at radius 1 is 1.33 bits per heavy atom. The van der Waals surface area contributed by atoms with E-state index in [2.05, 4.69) is 37.9 Å². The highest BCUT2D eigenvalue weighted by Crippen LogP contribution is 2.32. The summed E-state index contributed by atoms with van der Waals surface area (Å²) in [5.74, 6) is 0.710. The summed E-state index contributed by atoms with van der Waals surface area (Å²) >= 11 is 0. The minimum atomic E-state index is 0.351. The van der Waals surface area contributed by atoms with E-state index in [4.69, 9.17) is 4.74 Å². The van der Waals surface area contributed by atoms with Crippen molar-refractivity contribution in [3.63, 3.8) is 0 Å². The summed E-state index contributed by atoms with van der Waals surface area (Å²) in [6.45, 7) is 13.5. The minimum Gasteiger partial charge on any atom is -0.380 e. The Kier molecular flexibility index (Phi) is 4.68. The molecule has 2 aliphatic rings. The van der Waals surface area contributed by atoms with Crippen molar-refractivity contribution in [2.45, 2.75) is 64.6 Å². The molecule has 0 aromatic carbocycles. The molecule has 18 heavy (non-hydrogen) atoms. The van der Waals surface area contributed by atoms with E-state index in [0.717, 1.165) is 19.8 Å². The highest BCUT2D eigenvalue weighted by Gasteiger charge is 2.43. The second-order valence-electron chi connectivity index (χ2n) is 6.33. The van der Waals surface area contributed by atoms with E-state index in [1.165, 1.54) is 25.8 Å². The van der Waals surface area contributed by atoms with Gasteiger partial charge in [-0.2, -0.15) is 0 Å². The Morgan fingerprint density at radius 3 is 2.56 bits per heavy atom. The van der Waals surface area contributed by atoms with Crippen molar-refractivity contribution in [2.24, 2.45) is 5.92 Å². The smallest absolute Gasteiger partial charge is 0.0622 e. The van der Waals surface area contributed by atoms with Crippen LogP contribution in [0, 0.1) is 5.92 Å². The molecule has 2 atom stereocenters. The van der Waals surface area contributed by atoms with E-state index in [0.29, 0.717) is 23.5 Å². The zero-order chi connectivity index (χ0) is 13.2. The first-order valence-corrected chi connectivity index (χ1v) is 7.71. The maximum atomic E-state index is 5.63. The van der Waals surface area contributed by atoms with Crippen LogP contribution in [-0.4, -0.2) is 48.8 Å². The number of hydrogen-bond donors (Lipinski definition) is 1. The van der Waals surface area contributed by atoms with E-state index >= 15 is 0 Å². The zero-order valence-corrected chi connectivity index (χ0v) is 12.5. The van der Waals surface area contributed by atoms with Gasteiger partial charge in [-0.15, -0.1) is 0 Å². The van der Waals surface area contributed by atoms with Crippen LogP contribution in [0.15, 0.2) is 0 Å². The van der Waals surface area contributed by atoms with Crippen LogP contribution in [0.25, 0.3) is 0 Å². The van der Waals surface area contributed by atoms with Gasteiger partial charge in [-0.05, 0) is 25.2 Å². The Morgan fingerprint density at radius 2 is 2.06 bits per heavy atom.